The summed E-state index contributed by atoms with van der Waals surface area (Å²) in [6, 6.07) is 18.6. The number of ether oxygens (including phenoxy) is 5. The summed E-state index contributed by atoms with van der Waals surface area (Å²) in [6.45, 7) is -2.09. The fourth-order valence-corrected chi connectivity index (χ4v) is 6.50. The van der Waals surface area contributed by atoms with Crippen molar-refractivity contribution >= 4 is 34.7 Å². The minimum absolute atomic E-state index is 0.0269. The Morgan fingerprint density at radius 2 is 0.528 bits per heavy atom. The van der Waals surface area contributed by atoms with Crippen LogP contribution in [0, 0.1) is 0 Å². The second-order valence-corrected chi connectivity index (χ2v) is 14.8. The van der Waals surface area contributed by atoms with Gasteiger partial charge in [0.05, 0.1) is 62.0 Å². The Kier molecular flexibility index (Phi) is 19.3. The highest BCUT2D eigenvalue weighted by Gasteiger charge is 2.26. The predicted molar refractivity (Wildman–Crippen MR) is 251 cm³/mol. The van der Waals surface area contributed by atoms with Crippen LogP contribution in [0.1, 0.15) is 84.4 Å². The first-order chi connectivity index (χ1) is 34.3. The van der Waals surface area contributed by atoms with Crippen molar-refractivity contribution in [3.8, 4) is 63.2 Å². The van der Waals surface area contributed by atoms with Gasteiger partial charge >= 0.3 is 0 Å². The summed E-state index contributed by atoms with van der Waals surface area (Å²) >= 11 is 0. The van der Waals surface area contributed by atoms with E-state index in [1.165, 1.54) is 127 Å². The number of phenols is 6. The Morgan fingerprint density at radius 3 is 0.792 bits per heavy atom. The Hall–Kier alpha value is -9.02. The third kappa shape index (κ3) is 12.6. The molecule has 0 atom stereocenters. The van der Waals surface area contributed by atoms with Crippen LogP contribution in [0.25, 0.3) is 0 Å². The van der Waals surface area contributed by atoms with E-state index in [4.69, 9.17) is 28.8 Å². The molecule has 0 amide bonds. The van der Waals surface area contributed by atoms with Gasteiger partial charge in [0, 0.05) is 55.6 Å². The van der Waals surface area contributed by atoms with Gasteiger partial charge in [0.1, 0.15) is 5.75 Å². The molecule has 6 aromatic rings. The van der Waals surface area contributed by atoms with Crippen LogP contribution in [-0.4, -0.2) is 121 Å². The number of ketones is 6. The molecule has 21 nitrogen and oxygen atoms in total. The highest BCUT2D eigenvalue weighted by molar-refractivity contribution is 6.50. The molecule has 6 aromatic carbocycles. The molecular formula is C51H48O21. The van der Waals surface area contributed by atoms with Gasteiger partial charge in [0.15, 0.2) is 57.5 Å². The van der Waals surface area contributed by atoms with Gasteiger partial charge in [0.25, 0.3) is 0 Å². The largest absolute Gasteiger partial charge is 0.508 e. The summed E-state index contributed by atoms with van der Waals surface area (Å²) in [5.41, 5.74) is 0.211. The van der Waals surface area contributed by atoms with E-state index in [1.54, 1.807) is 0 Å². The summed E-state index contributed by atoms with van der Waals surface area (Å²) in [5.74, 6) is -6.50. The molecular weight excluding hydrogens is 949 g/mol. The maximum Gasteiger partial charge on any atom is 0.233 e. The molecule has 0 aliphatic rings. The predicted octanol–water partition coefficient (Wildman–Crippen LogP) is 4.50. The van der Waals surface area contributed by atoms with Crippen LogP contribution in [0.15, 0.2) is 91.0 Å². The molecule has 72 heavy (non-hydrogen) atoms. The van der Waals surface area contributed by atoms with Crippen molar-refractivity contribution in [1.29, 1.82) is 0 Å². The van der Waals surface area contributed by atoms with Gasteiger partial charge in [-0.3, -0.25) is 28.8 Å². The van der Waals surface area contributed by atoms with Crippen LogP contribution < -0.4 is 23.7 Å². The van der Waals surface area contributed by atoms with Gasteiger partial charge in [-0.2, -0.15) is 0 Å². The molecule has 0 aromatic heterocycles. The second kappa shape index (κ2) is 25.0. The molecule has 0 aliphatic carbocycles. The van der Waals surface area contributed by atoms with Gasteiger partial charge < -0.3 is 74.7 Å². The molecule has 0 saturated heterocycles. The van der Waals surface area contributed by atoms with Gasteiger partial charge in [-0.05, 0) is 91.0 Å². The number of carbonyl (C=O) groups is 6. The molecule has 0 unspecified atom stereocenters. The van der Waals surface area contributed by atoms with Crippen LogP contribution in [0.2, 0.25) is 0 Å². The number of aliphatic hydroxyl groups is 4. The zero-order valence-electron chi connectivity index (χ0n) is 39.0. The molecule has 6 rings (SSSR count). The summed E-state index contributed by atoms with van der Waals surface area (Å²) < 4.78 is 24.6. The highest BCUT2D eigenvalue weighted by Crippen LogP contribution is 2.36. The van der Waals surface area contributed by atoms with E-state index < -0.39 is 61.1 Å². The highest BCUT2D eigenvalue weighted by atomic mass is 16.5. The molecule has 0 spiro atoms. The van der Waals surface area contributed by atoms with Gasteiger partial charge in [-0.15, -0.1) is 0 Å². The minimum Gasteiger partial charge on any atom is -0.508 e. The fraction of sp³-hybridized carbons (Fsp3) is 0.176. The average molecular weight is 997 g/mol. The molecule has 0 bridgehead atoms. The molecule has 21 heteroatoms. The van der Waals surface area contributed by atoms with E-state index in [0.717, 1.165) is 0 Å². The average Bonchev–Trinajstić information content (AvgIpc) is 3.40. The van der Waals surface area contributed by atoms with E-state index >= 15 is 0 Å². The number of carbonyl (C=O) groups excluding carboxylic acids is 6. The first-order valence-electron chi connectivity index (χ1n) is 20.7. The van der Waals surface area contributed by atoms with Crippen LogP contribution in [-0.2, 0) is 26.4 Å². The topological polar surface area (TPSA) is 351 Å². The van der Waals surface area contributed by atoms with E-state index in [-0.39, 0.29) is 119 Å². The molecule has 0 heterocycles. The summed E-state index contributed by atoms with van der Waals surface area (Å²) in [6.07, 6.45) is 0. The Labute approximate surface area is 409 Å². The number of Topliss-reactive ketones (excluding diaryl/α,β-unsaturated/α-hetero) is 6. The third-order valence-corrected chi connectivity index (χ3v) is 10.4. The van der Waals surface area contributed by atoms with Crippen molar-refractivity contribution in [2.75, 3.05) is 35.5 Å². The van der Waals surface area contributed by atoms with Crippen molar-refractivity contribution in [3.05, 3.63) is 147 Å². The normalized spacial score (nSPS) is 10.3. The lowest BCUT2D eigenvalue weighted by Gasteiger charge is -2.12. The molecule has 0 radical (unpaired) electrons. The molecule has 378 valence electrons. The van der Waals surface area contributed by atoms with Gasteiger partial charge in [-0.25, -0.2) is 0 Å². The second-order valence-electron chi connectivity index (χ2n) is 14.8. The van der Waals surface area contributed by atoms with Crippen molar-refractivity contribution < 1.29 is 104 Å². The molecule has 0 aliphatic heterocycles. The van der Waals surface area contributed by atoms with Crippen LogP contribution in [0.3, 0.4) is 0 Å². The number of hydrogen-bond donors (Lipinski definition) is 10. The maximum atomic E-state index is 12.5. The molecule has 0 saturated carbocycles. The number of phenolic OH excluding ortho intramolecular Hbond substituents is 2. The third-order valence-electron chi connectivity index (χ3n) is 10.4. The quantitative estimate of drug-likeness (QED) is 0.0418. The van der Waals surface area contributed by atoms with Crippen LogP contribution in [0.5, 0.6) is 63.2 Å². The monoisotopic (exact) mass is 996 g/mol. The lowest BCUT2D eigenvalue weighted by molar-refractivity contribution is 0.0816. The number of methoxy groups -OCH3 is 5. The van der Waals surface area contributed by atoms with Gasteiger partial charge in [-0.1, -0.05) is 0 Å². The first kappa shape index (κ1) is 55.6. The number of aliphatic hydroxyl groups excluding tert-OH is 4. The number of aromatic hydroxyl groups is 6. The Morgan fingerprint density at radius 1 is 0.306 bits per heavy atom. The van der Waals surface area contributed by atoms with Crippen molar-refractivity contribution in [2.24, 2.45) is 0 Å². The smallest absolute Gasteiger partial charge is 0.233 e. The lowest BCUT2D eigenvalue weighted by Crippen LogP contribution is -2.15. The zero-order valence-corrected chi connectivity index (χ0v) is 39.0. The number of benzene rings is 6. The van der Waals surface area contributed by atoms with Crippen LogP contribution in [0.4, 0.5) is 0 Å². The molecule has 0 fully saturated rings. The summed E-state index contributed by atoms with van der Waals surface area (Å²) in [7, 11) is 6.48. The van der Waals surface area contributed by atoms with E-state index in [2.05, 4.69) is 0 Å². The summed E-state index contributed by atoms with van der Waals surface area (Å²) in [5, 5.41) is 95.0. The SMILES string of the molecule is COc1cc(C(=O)C(=O)c2cc(CO)c(O)c(OC)c2)cc(CO)c1O.COc1cc(C(=O)C(=O)c2cc(CO)c(O)c(OC)c2)ccc1O.COc1cc(C(=O)C(=O)c2ccc(O)c(CO)c2)ccc1O. The first-order valence-corrected chi connectivity index (χ1v) is 20.7. The Bertz CT molecular complexity index is 2820. The van der Waals surface area contributed by atoms with E-state index in [9.17, 15) is 74.7 Å². The molecule has 10 N–H and O–H groups in total. The maximum absolute atomic E-state index is 12.5. The lowest BCUT2D eigenvalue weighted by atomic mass is 9.97. The van der Waals surface area contributed by atoms with Gasteiger partial charge in [0.2, 0.25) is 34.7 Å². The zero-order chi connectivity index (χ0) is 53.6. The fourth-order valence-electron chi connectivity index (χ4n) is 6.50. The van der Waals surface area contributed by atoms with E-state index in [1.807, 2.05) is 0 Å². The van der Waals surface area contributed by atoms with E-state index in [0.29, 0.717) is 0 Å². The minimum atomic E-state index is -0.922. The standard InChI is InChI=1S/C18H18O8.C17H16O7.C16H14O6/c1-25-13-5-9(3-11(7-19)15(13)21)17(23)18(24)10-4-12(8-20)16(22)14(6-10)26-2;1-23-13-6-9(3-4-12(13)19)16(21)17(22)10-5-11(8-18)15(20)14(7-10)24-2;1-22-14-7-10(3-5-13(14)19)16(21)15(20)9-2-4-12(18)11(6-9)8-17/h3-6,19-22H,7-8H2,1-2H3;3-7,18-20H,8H2,1-2H3;2-7,17-19H,8H2,1H3. The van der Waals surface area contributed by atoms with Crippen molar-refractivity contribution in [2.45, 2.75) is 26.4 Å². The van der Waals surface area contributed by atoms with Crippen molar-refractivity contribution in [1.82, 2.24) is 0 Å². The number of hydrogen-bond acceptors (Lipinski definition) is 21. The van der Waals surface area contributed by atoms with Crippen LogP contribution >= 0.6 is 0 Å². The number of rotatable bonds is 18. The summed E-state index contributed by atoms with van der Waals surface area (Å²) in [4.78, 5) is 74.2. The Balaban J connectivity index is 0.000000235. The van der Waals surface area contributed by atoms with Crippen molar-refractivity contribution in [3.63, 3.8) is 0 Å².